The van der Waals surface area contributed by atoms with Crippen LogP contribution in [0.4, 0.5) is 4.79 Å². The zero-order valence-electron chi connectivity index (χ0n) is 17.4. The van der Waals surface area contributed by atoms with Crippen LogP contribution in [0.5, 0.6) is 5.75 Å². The molecule has 0 aromatic heterocycles. The number of urea groups is 1. The molecule has 1 saturated heterocycles. The number of hydrogen-bond donors (Lipinski definition) is 4. The molecule has 2 aromatic carbocycles. The summed E-state index contributed by atoms with van der Waals surface area (Å²) < 4.78 is 5.61. The minimum absolute atomic E-state index is 0.252. The monoisotopic (exact) mass is 410 g/mol. The predicted octanol–water partition coefficient (Wildman–Crippen LogP) is -0.898. The number of nitrogens with one attached hydrogen (secondary N) is 4. The van der Waals surface area contributed by atoms with E-state index in [1.165, 1.54) is 28.0 Å². The van der Waals surface area contributed by atoms with Gasteiger partial charge in [0, 0.05) is 24.6 Å². The second-order valence-corrected chi connectivity index (χ2v) is 8.04. The summed E-state index contributed by atoms with van der Waals surface area (Å²) in [7, 11) is 1.51. The number of amides is 3. The summed E-state index contributed by atoms with van der Waals surface area (Å²) in [6.07, 6.45) is 0.996. The van der Waals surface area contributed by atoms with Gasteiger partial charge < -0.3 is 19.9 Å². The predicted molar refractivity (Wildman–Crippen MR) is 113 cm³/mol. The van der Waals surface area contributed by atoms with Gasteiger partial charge in [0.1, 0.15) is 38.5 Å². The molecule has 4 N–H and O–H groups in total. The molecule has 4 rings (SSSR count). The Labute approximate surface area is 177 Å². The zero-order chi connectivity index (χ0) is 20.9. The number of carbonyl (C=O) groups is 2. The molecule has 30 heavy (non-hydrogen) atoms. The van der Waals surface area contributed by atoms with Crippen LogP contribution < -0.4 is 25.2 Å². The van der Waals surface area contributed by atoms with Gasteiger partial charge in [-0.2, -0.15) is 0 Å². The van der Waals surface area contributed by atoms with Crippen molar-refractivity contribution in [1.29, 1.82) is 0 Å². The number of hydrogen-bond acceptors (Lipinski definition) is 3. The van der Waals surface area contributed by atoms with Gasteiger partial charge in [0.15, 0.2) is 6.04 Å². The fourth-order valence-electron chi connectivity index (χ4n) is 4.49. The van der Waals surface area contributed by atoms with Crippen molar-refractivity contribution in [2.45, 2.75) is 19.0 Å². The van der Waals surface area contributed by atoms with Gasteiger partial charge in [-0.25, -0.2) is 4.79 Å². The van der Waals surface area contributed by atoms with E-state index in [-0.39, 0.29) is 11.9 Å². The van der Waals surface area contributed by atoms with E-state index in [4.69, 9.17) is 4.74 Å². The summed E-state index contributed by atoms with van der Waals surface area (Å²) in [5.41, 5.74) is 3.59. The molecule has 1 atom stereocenters. The number of carbonyl (C=O) groups excluding carboxylic acids is 2. The van der Waals surface area contributed by atoms with Crippen LogP contribution in [0.3, 0.4) is 0 Å². The molecule has 2 aliphatic heterocycles. The standard InChI is InChI=1S/C23H28N4O3/c1-24-23(29)25-22(28)21(18-5-3-2-4-6-18)27-12-10-26(11-13-27)16-17-7-8-20-19(15-17)9-14-30-20/h2-8,15,21H,9-14,16H2,1H3,(H2,24,25,28,29)/p+2/t21-/m1/s1. The lowest BCUT2D eigenvalue weighted by Gasteiger charge is -2.34. The number of fused-ring (bicyclic) bond motifs is 1. The average molecular weight is 411 g/mol. The molecule has 0 bridgehead atoms. The molecule has 158 valence electrons. The molecule has 0 spiro atoms. The van der Waals surface area contributed by atoms with Crippen molar-refractivity contribution in [1.82, 2.24) is 10.6 Å². The van der Waals surface area contributed by atoms with E-state index in [2.05, 4.69) is 28.8 Å². The number of piperazine rings is 1. The van der Waals surface area contributed by atoms with Gasteiger partial charge in [0.2, 0.25) is 0 Å². The van der Waals surface area contributed by atoms with E-state index in [0.29, 0.717) is 0 Å². The Morgan fingerprint density at radius 3 is 2.57 bits per heavy atom. The highest BCUT2D eigenvalue weighted by molar-refractivity contribution is 5.96. The van der Waals surface area contributed by atoms with Crippen LogP contribution in [-0.4, -0.2) is 51.8 Å². The first-order valence-electron chi connectivity index (χ1n) is 10.6. The van der Waals surface area contributed by atoms with Crippen molar-refractivity contribution >= 4 is 11.9 Å². The highest BCUT2D eigenvalue weighted by Gasteiger charge is 2.36. The van der Waals surface area contributed by atoms with Gasteiger partial charge in [-0.05, 0) is 23.8 Å². The minimum Gasteiger partial charge on any atom is -0.493 e. The molecule has 0 aliphatic carbocycles. The highest BCUT2D eigenvalue weighted by Crippen LogP contribution is 2.25. The molecule has 2 aromatic rings. The van der Waals surface area contributed by atoms with Crippen LogP contribution in [0.2, 0.25) is 0 Å². The van der Waals surface area contributed by atoms with Gasteiger partial charge in [0.05, 0.1) is 6.61 Å². The third-order valence-corrected chi connectivity index (χ3v) is 6.07. The third kappa shape index (κ3) is 4.63. The fraction of sp³-hybridized carbons (Fsp3) is 0.391. The second kappa shape index (κ2) is 9.28. The van der Waals surface area contributed by atoms with E-state index in [1.807, 2.05) is 30.3 Å². The maximum Gasteiger partial charge on any atom is 0.321 e. The van der Waals surface area contributed by atoms with Crippen molar-refractivity contribution < 1.29 is 24.1 Å². The first-order valence-corrected chi connectivity index (χ1v) is 10.6. The molecule has 0 radical (unpaired) electrons. The molecular weight excluding hydrogens is 380 g/mol. The molecular formula is C23H30N4O3+2. The van der Waals surface area contributed by atoms with E-state index in [9.17, 15) is 9.59 Å². The van der Waals surface area contributed by atoms with Crippen LogP contribution in [0.15, 0.2) is 48.5 Å². The van der Waals surface area contributed by atoms with Crippen molar-refractivity contribution in [3.63, 3.8) is 0 Å². The molecule has 7 heteroatoms. The lowest BCUT2D eigenvalue weighted by molar-refractivity contribution is -1.03. The van der Waals surface area contributed by atoms with Crippen molar-refractivity contribution in [2.24, 2.45) is 0 Å². The van der Waals surface area contributed by atoms with Crippen LogP contribution in [0, 0.1) is 0 Å². The lowest BCUT2D eigenvalue weighted by Crippen LogP contribution is -3.28. The minimum atomic E-state index is -0.467. The maximum atomic E-state index is 12.9. The summed E-state index contributed by atoms with van der Waals surface area (Å²) in [6.45, 7) is 5.50. The molecule has 2 heterocycles. The van der Waals surface area contributed by atoms with Crippen molar-refractivity contribution in [2.75, 3.05) is 39.8 Å². The summed E-state index contributed by atoms with van der Waals surface area (Å²) >= 11 is 0. The van der Waals surface area contributed by atoms with Crippen LogP contribution >= 0.6 is 0 Å². The van der Waals surface area contributed by atoms with Gasteiger partial charge in [-0.1, -0.05) is 30.3 Å². The van der Waals surface area contributed by atoms with Gasteiger partial charge in [-0.3, -0.25) is 10.1 Å². The van der Waals surface area contributed by atoms with Crippen LogP contribution in [-0.2, 0) is 17.8 Å². The maximum absolute atomic E-state index is 12.9. The number of ether oxygens (including phenoxy) is 1. The molecule has 3 amide bonds. The molecule has 0 unspecified atom stereocenters. The Morgan fingerprint density at radius 2 is 1.83 bits per heavy atom. The quantitative estimate of drug-likeness (QED) is 0.516. The molecule has 7 nitrogen and oxygen atoms in total. The Hall–Kier alpha value is -2.90. The van der Waals surface area contributed by atoms with Gasteiger partial charge in [-0.15, -0.1) is 0 Å². The first kappa shape index (κ1) is 20.4. The van der Waals surface area contributed by atoms with Gasteiger partial charge in [0.25, 0.3) is 5.91 Å². The molecule has 2 aliphatic rings. The number of rotatable bonds is 5. The SMILES string of the molecule is CNC(=O)NC(=O)[C@@H](c1ccccc1)[NH+]1CC[NH+](Cc2ccc3c(c2)CCO3)CC1. The summed E-state index contributed by atoms with van der Waals surface area (Å²) in [4.78, 5) is 27.3. The first-order chi connectivity index (χ1) is 14.6. The second-order valence-electron chi connectivity index (χ2n) is 8.04. The Morgan fingerprint density at radius 1 is 1.07 bits per heavy atom. The third-order valence-electron chi connectivity index (χ3n) is 6.07. The summed E-state index contributed by atoms with van der Waals surface area (Å²) in [5, 5.41) is 4.94. The van der Waals surface area contributed by atoms with Gasteiger partial charge >= 0.3 is 6.03 Å². The average Bonchev–Trinajstić information content (AvgIpc) is 3.24. The summed E-state index contributed by atoms with van der Waals surface area (Å²) in [6, 6.07) is 15.4. The summed E-state index contributed by atoms with van der Waals surface area (Å²) in [5.74, 6) is 0.772. The smallest absolute Gasteiger partial charge is 0.321 e. The number of quaternary nitrogens is 2. The highest BCUT2D eigenvalue weighted by atomic mass is 16.5. The van der Waals surface area contributed by atoms with Crippen LogP contribution in [0.1, 0.15) is 22.7 Å². The van der Waals surface area contributed by atoms with E-state index in [0.717, 1.165) is 57.1 Å². The largest absolute Gasteiger partial charge is 0.493 e. The van der Waals surface area contributed by atoms with Crippen molar-refractivity contribution in [3.05, 3.63) is 65.2 Å². The normalized spacial score (nSPS) is 21.2. The Kier molecular flexibility index (Phi) is 6.30. The van der Waals surface area contributed by atoms with E-state index in [1.54, 1.807) is 0 Å². The number of benzene rings is 2. The Balaban J connectivity index is 1.41. The van der Waals surface area contributed by atoms with E-state index < -0.39 is 6.03 Å². The molecule has 0 saturated carbocycles. The zero-order valence-corrected chi connectivity index (χ0v) is 17.4. The lowest BCUT2D eigenvalue weighted by atomic mass is 10.0. The Bertz CT molecular complexity index is 895. The van der Waals surface area contributed by atoms with Crippen molar-refractivity contribution in [3.8, 4) is 5.75 Å². The number of imide groups is 1. The fourth-order valence-corrected chi connectivity index (χ4v) is 4.49. The molecule has 1 fully saturated rings. The van der Waals surface area contributed by atoms with Crippen LogP contribution in [0.25, 0.3) is 0 Å². The topological polar surface area (TPSA) is 76.3 Å². The van der Waals surface area contributed by atoms with E-state index >= 15 is 0 Å².